The lowest BCUT2D eigenvalue weighted by atomic mass is 10.1. The number of carbonyl (C=O) groups is 1. The lowest BCUT2D eigenvalue weighted by Crippen LogP contribution is -2.54. The summed E-state index contributed by atoms with van der Waals surface area (Å²) in [7, 11) is -3.77. The van der Waals surface area contributed by atoms with Crippen LogP contribution in [0, 0.1) is 0 Å². The zero-order valence-corrected chi connectivity index (χ0v) is 11.3. The van der Waals surface area contributed by atoms with Crippen molar-refractivity contribution in [2.24, 2.45) is 5.14 Å². The van der Waals surface area contributed by atoms with E-state index in [2.05, 4.69) is 5.32 Å². The van der Waals surface area contributed by atoms with Gasteiger partial charge < -0.3 is 16.0 Å². The van der Waals surface area contributed by atoms with Gasteiger partial charge in [-0.2, -0.15) is 0 Å². The first kappa shape index (κ1) is 13.6. The molecule has 1 unspecified atom stereocenters. The minimum Gasteiger partial charge on any atom is -0.397 e. The van der Waals surface area contributed by atoms with Crippen LogP contribution in [0.3, 0.4) is 0 Å². The monoisotopic (exact) mass is 284 g/mol. The second-order valence-electron chi connectivity index (χ2n) is 4.43. The number of carbonyl (C=O) groups excluding carboxylic acids is 1. The van der Waals surface area contributed by atoms with Crippen LogP contribution in [0.15, 0.2) is 23.1 Å². The van der Waals surface area contributed by atoms with Crippen LogP contribution in [0.2, 0.25) is 0 Å². The molecule has 1 aromatic rings. The Kier molecular flexibility index (Phi) is 3.38. The highest BCUT2D eigenvalue weighted by atomic mass is 32.2. The summed E-state index contributed by atoms with van der Waals surface area (Å²) in [6.45, 7) is 2.91. The van der Waals surface area contributed by atoms with E-state index in [1.165, 1.54) is 12.1 Å². The van der Waals surface area contributed by atoms with Crippen LogP contribution in [0.25, 0.3) is 0 Å². The van der Waals surface area contributed by atoms with Crippen LogP contribution in [0.1, 0.15) is 6.92 Å². The molecule has 7 nitrogen and oxygen atoms in total. The topological polar surface area (TPSA) is 119 Å². The first-order valence-corrected chi connectivity index (χ1v) is 7.32. The Bertz CT molecular complexity index is 614. The van der Waals surface area contributed by atoms with E-state index in [9.17, 15) is 13.2 Å². The van der Waals surface area contributed by atoms with Crippen molar-refractivity contribution in [2.75, 3.05) is 23.7 Å². The van der Waals surface area contributed by atoms with Gasteiger partial charge in [-0.15, -0.1) is 0 Å². The van der Waals surface area contributed by atoms with Crippen molar-refractivity contribution < 1.29 is 13.2 Å². The molecule has 1 fully saturated rings. The number of anilines is 2. The van der Waals surface area contributed by atoms with E-state index in [4.69, 9.17) is 10.9 Å². The third-order valence-corrected chi connectivity index (χ3v) is 4.05. The number of nitrogens with zero attached hydrogens (tertiary/aromatic N) is 1. The van der Waals surface area contributed by atoms with Crippen LogP contribution >= 0.6 is 0 Å². The van der Waals surface area contributed by atoms with Gasteiger partial charge in [0.05, 0.1) is 16.3 Å². The fraction of sp³-hybridized carbons (Fsp3) is 0.364. The SMILES string of the molecule is CC1C(=O)NCCN1c1ccc(S(N)(=O)=O)cc1N. The fourth-order valence-electron chi connectivity index (χ4n) is 2.08. The van der Waals surface area contributed by atoms with E-state index in [1.54, 1.807) is 13.0 Å². The summed E-state index contributed by atoms with van der Waals surface area (Å²) in [4.78, 5) is 13.4. The van der Waals surface area contributed by atoms with Crippen LogP contribution in [-0.4, -0.2) is 33.5 Å². The number of benzene rings is 1. The Morgan fingerprint density at radius 2 is 2.11 bits per heavy atom. The molecule has 0 saturated carbocycles. The molecule has 8 heteroatoms. The molecule has 1 amide bonds. The molecule has 104 valence electrons. The van der Waals surface area contributed by atoms with Gasteiger partial charge in [-0.3, -0.25) is 4.79 Å². The van der Waals surface area contributed by atoms with Gasteiger partial charge in [0, 0.05) is 13.1 Å². The molecule has 0 aromatic heterocycles. The number of rotatable bonds is 2. The minimum absolute atomic E-state index is 0.0390. The van der Waals surface area contributed by atoms with Crippen molar-refractivity contribution in [2.45, 2.75) is 17.9 Å². The average Bonchev–Trinajstić information content (AvgIpc) is 2.32. The molecule has 1 aliphatic rings. The molecule has 2 rings (SSSR count). The zero-order chi connectivity index (χ0) is 14.2. The number of primary sulfonamides is 1. The first-order chi connectivity index (χ1) is 8.80. The smallest absolute Gasteiger partial charge is 0.242 e. The largest absolute Gasteiger partial charge is 0.397 e. The molecule has 1 saturated heterocycles. The fourth-order valence-corrected chi connectivity index (χ4v) is 2.63. The summed E-state index contributed by atoms with van der Waals surface area (Å²) in [6.07, 6.45) is 0. The number of nitrogen functional groups attached to an aromatic ring is 1. The van der Waals surface area contributed by atoms with Gasteiger partial charge >= 0.3 is 0 Å². The average molecular weight is 284 g/mol. The second-order valence-corrected chi connectivity index (χ2v) is 5.99. The number of amides is 1. The summed E-state index contributed by atoms with van der Waals surface area (Å²) >= 11 is 0. The number of nitrogens with two attached hydrogens (primary N) is 2. The van der Waals surface area contributed by atoms with Crippen molar-refractivity contribution in [1.29, 1.82) is 0 Å². The molecule has 0 bridgehead atoms. The Labute approximate surface area is 111 Å². The van der Waals surface area contributed by atoms with Crippen molar-refractivity contribution in [3.8, 4) is 0 Å². The maximum absolute atomic E-state index is 11.6. The van der Waals surface area contributed by atoms with Crippen molar-refractivity contribution in [1.82, 2.24) is 5.32 Å². The summed E-state index contributed by atoms with van der Waals surface area (Å²) in [5, 5.41) is 7.79. The van der Waals surface area contributed by atoms with E-state index >= 15 is 0 Å². The first-order valence-electron chi connectivity index (χ1n) is 5.77. The van der Waals surface area contributed by atoms with Gasteiger partial charge in [0.25, 0.3) is 0 Å². The standard InChI is InChI=1S/C11H16N4O3S/c1-7-11(16)14-4-5-15(7)10-3-2-8(6-9(10)12)19(13,17)18/h2-3,6-7H,4-5,12H2,1H3,(H,14,16)(H2,13,17,18). The molecule has 1 atom stereocenters. The van der Waals surface area contributed by atoms with Crippen molar-refractivity contribution >= 4 is 27.3 Å². The number of piperazine rings is 1. The Morgan fingerprint density at radius 1 is 1.42 bits per heavy atom. The van der Waals surface area contributed by atoms with E-state index < -0.39 is 10.0 Å². The third kappa shape index (κ3) is 2.64. The molecular weight excluding hydrogens is 268 g/mol. The molecule has 0 radical (unpaired) electrons. The summed E-state index contributed by atoms with van der Waals surface area (Å²) in [5.41, 5.74) is 6.78. The van der Waals surface area contributed by atoms with E-state index in [-0.39, 0.29) is 22.5 Å². The van der Waals surface area contributed by atoms with Gasteiger partial charge in [0.2, 0.25) is 15.9 Å². The second kappa shape index (κ2) is 4.71. The summed E-state index contributed by atoms with van der Waals surface area (Å²) in [5.74, 6) is -0.0822. The summed E-state index contributed by atoms with van der Waals surface area (Å²) < 4.78 is 22.5. The highest BCUT2D eigenvalue weighted by Gasteiger charge is 2.27. The number of nitrogens with one attached hydrogen (secondary N) is 1. The lowest BCUT2D eigenvalue weighted by Gasteiger charge is -2.35. The Hall–Kier alpha value is -1.80. The highest BCUT2D eigenvalue weighted by Crippen LogP contribution is 2.28. The van der Waals surface area contributed by atoms with Crippen LogP contribution < -0.4 is 21.1 Å². The minimum atomic E-state index is -3.77. The number of sulfonamides is 1. The maximum Gasteiger partial charge on any atom is 0.242 e. The van der Waals surface area contributed by atoms with Gasteiger partial charge in [0.15, 0.2) is 0 Å². The Balaban J connectivity index is 2.39. The summed E-state index contributed by atoms with van der Waals surface area (Å²) in [6, 6.07) is 3.92. The van der Waals surface area contributed by atoms with Gasteiger partial charge in [0.1, 0.15) is 6.04 Å². The molecule has 0 spiro atoms. The molecule has 1 aromatic carbocycles. The van der Waals surface area contributed by atoms with Crippen molar-refractivity contribution in [3.05, 3.63) is 18.2 Å². The van der Waals surface area contributed by atoms with Crippen LogP contribution in [-0.2, 0) is 14.8 Å². The van der Waals surface area contributed by atoms with Crippen LogP contribution in [0.5, 0.6) is 0 Å². The number of hydrogen-bond acceptors (Lipinski definition) is 5. The number of hydrogen-bond donors (Lipinski definition) is 3. The lowest BCUT2D eigenvalue weighted by molar-refractivity contribution is -0.122. The Morgan fingerprint density at radius 3 is 2.68 bits per heavy atom. The highest BCUT2D eigenvalue weighted by molar-refractivity contribution is 7.89. The molecule has 1 heterocycles. The molecule has 5 N–H and O–H groups in total. The molecule has 1 aliphatic heterocycles. The van der Waals surface area contributed by atoms with E-state index in [0.29, 0.717) is 18.8 Å². The van der Waals surface area contributed by atoms with E-state index in [1.807, 2.05) is 4.90 Å². The van der Waals surface area contributed by atoms with Gasteiger partial charge in [-0.05, 0) is 25.1 Å². The quantitative estimate of drug-likeness (QED) is 0.617. The molecule has 0 aliphatic carbocycles. The molecule has 19 heavy (non-hydrogen) atoms. The molecular formula is C11H16N4O3S. The van der Waals surface area contributed by atoms with Crippen LogP contribution in [0.4, 0.5) is 11.4 Å². The van der Waals surface area contributed by atoms with Gasteiger partial charge in [-0.1, -0.05) is 0 Å². The normalized spacial score (nSPS) is 20.2. The predicted octanol–water partition coefficient (Wildman–Crippen LogP) is -0.759. The van der Waals surface area contributed by atoms with E-state index in [0.717, 1.165) is 0 Å². The zero-order valence-electron chi connectivity index (χ0n) is 10.5. The maximum atomic E-state index is 11.6. The van der Waals surface area contributed by atoms with Crippen molar-refractivity contribution in [3.63, 3.8) is 0 Å². The van der Waals surface area contributed by atoms with Gasteiger partial charge in [-0.25, -0.2) is 13.6 Å². The predicted molar refractivity (Wildman–Crippen MR) is 72.0 cm³/mol. The third-order valence-electron chi connectivity index (χ3n) is 3.14.